The summed E-state index contributed by atoms with van der Waals surface area (Å²) < 4.78 is 5.38. The third-order valence-electron chi connectivity index (χ3n) is 4.16. The van der Waals surface area contributed by atoms with Gasteiger partial charge in [-0.2, -0.15) is 0 Å². The molecule has 1 N–H and O–H groups in total. The van der Waals surface area contributed by atoms with E-state index in [4.69, 9.17) is 4.74 Å². The normalized spacial score (nSPS) is 14.8. The van der Waals surface area contributed by atoms with Gasteiger partial charge < -0.3 is 15.0 Å². The van der Waals surface area contributed by atoms with E-state index in [1.165, 1.54) is 5.69 Å². The highest BCUT2D eigenvalue weighted by molar-refractivity contribution is 6.10. The van der Waals surface area contributed by atoms with Crippen molar-refractivity contribution in [1.82, 2.24) is 0 Å². The van der Waals surface area contributed by atoms with E-state index in [0.29, 0.717) is 5.56 Å². The van der Waals surface area contributed by atoms with Gasteiger partial charge >= 0.3 is 0 Å². The summed E-state index contributed by atoms with van der Waals surface area (Å²) in [6, 6.07) is 15.8. The molecule has 24 heavy (non-hydrogen) atoms. The van der Waals surface area contributed by atoms with Gasteiger partial charge in [0.05, 0.1) is 13.2 Å². The summed E-state index contributed by atoms with van der Waals surface area (Å²) in [7, 11) is 1.82. The van der Waals surface area contributed by atoms with E-state index in [2.05, 4.69) is 22.3 Å². The van der Waals surface area contributed by atoms with Crippen LogP contribution < -0.4 is 10.2 Å². The zero-order valence-corrected chi connectivity index (χ0v) is 13.9. The molecule has 0 spiro atoms. The molecule has 0 saturated carbocycles. The summed E-state index contributed by atoms with van der Waals surface area (Å²) in [5, 5.41) is 3.05. The van der Waals surface area contributed by atoms with Crippen molar-refractivity contribution >= 4 is 23.2 Å². The first-order valence-electron chi connectivity index (χ1n) is 8.20. The van der Waals surface area contributed by atoms with Crippen LogP contribution in [0.1, 0.15) is 15.9 Å². The highest BCUT2D eigenvalue weighted by Crippen LogP contribution is 2.19. The Morgan fingerprint density at radius 2 is 1.79 bits per heavy atom. The molecule has 0 bridgehead atoms. The van der Waals surface area contributed by atoms with Crippen molar-refractivity contribution < 1.29 is 9.53 Å². The second-order valence-electron chi connectivity index (χ2n) is 5.68. The number of nitrogens with zero attached hydrogens (tertiary/aromatic N) is 1. The maximum Gasteiger partial charge on any atom is 0.187 e. The second-order valence-corrected chi connectivity index (χ2v) is 5.68. The van der Waals surface area contributed by atoms with Crippen LogP contribution in [0.2, 0.25) is 0 Å². The molecule has 0 radical (unpaired) electrons. The minimum absolute atomic E-state index is 0.00259. The van der Waals surface area contributed by atoms with Gasteiger partial charge in [0.15, 0.2) is 5.78 Å². The van der Waals surface area contributed by atoms with Crippen LogP contribution >= 0.6 is 0 Å². The zero-order chi connectivity index (χ0) is 16.8. The Labute approximate surface area is 142 Å². The predicted molar refractivity (Wildman–Crippen MR) is 98.8 cm³/mol. The van der Waals surface area contributed by atoms with Gasteiger partial charge in [-0.25, -0.2) is 0 Å². The highest BCUT2D eigenvalue weighted by atomic mass is 16.5. The molecule has 0 aromatic heterocycles. The molecule has 1 saturated heterocycles. The van der Waals surface area contributed by atoms with Gasteiger partial charge in [0.2, 0.25) is 0 Å². The fraction of sp³-hybridized carbons (Fsp3) is 0.250. The van der Waals surface area contributed by atoms with Crippen LogP contribution in [-0.2, 0) is 4.74 Å². The van der Waals surface area contributed by atoms with E-state index in [-0.39, 0.29) is 5.78 Å². The number of carbonyl (C=O) groups is 1. The monoisotopic (exact) mass is 322 g/mol. The number of hydrogen-bond donors (Lipinski definition) is 1. The SMILES string of the molecule is CNc1ccccc1C(=O)/C=C/c1ccc(N2CCOCC2)cc1. The maximum absolute atomic E-state index is 12.4. The standard InChI is InChI=1S/C20H22N2O2/c1-21-19-5-3-2-4-18(19)20(23)11-8-16-6-9-17(10-7-16)22-12-14-24-15-13-22/h2-11,21H,12-15H2,1H3/b11-8+. The van der Waals surface area contributed by atoms with Crippen LogP contribution in [0, 0.1) is 0 Å². The van der Waals surface area contributed by atoms with E-state index < -0.39 is 0 Å². The van der Waals surface area contributed by atoms with Gasteiger partial charge in [-0.15, -0.1) is 0 Å². The summed E-state index contributed by atoms with van der Waals surface area (Å²) in [6.45, 7) is 3.41. The summed E-state index contributed by atoms with van der Waals surface area (Å²) in [6.07, 6.45) is 3.48. The molecule has 0 unspecified atom stereocenters. The Kier molecular flexibility index (Phi) is 5.29. The van der Waals surface area contributed by atoms with Crippen molar-refractivity contribution in [3.8, 4) is 0 Å². The van der Waals surface area contributed by atoms with E-state index >= 15 is 0 Å². The number of ether oxygens (including phenoxy) is 1. The number of carbonyl (C=O) groups excluding carboxylic acids is 1. The number of anilines is 2. The van der Waals surface area contributed by atoms with Gasteiger partial charge in [0.1, 0.15) is 0 Å². The average Bonchev–Trinajstić information content (AvgIpc) is 2.67. The minimum Gasteiger partial charge on any atom is -0.388 e. The lowest BCUT2D eigenvalue weighted by molar-refractivity contribution is 0.104. The van der Waals surface area contributed by atoms with Crippen molar-refractivity contribution in [3.63, 3.8) is 0 Å². The number of hydrogen-bond acceptors (Lipinski definition) is 4. The minimum atomic E-state index is -0.00259. The smallest absolute Gasteiger partial charge is 0.187 e. The van der Waals surface area contributed by atoms with Gasteiger partial charge in [0, 0.05) is 37.1 Å². The summed E-state index contributed by atoms with van der Waals surface area (Å²) in [5.41, 5.74) is 3.74. The number of morpholine rings is 1. The van der Waals surface area contributed by atoms with Crippen molar-refractivity contribution in [2.24, 2.45) is 0 Å². The Morgan fingerprint density at radius 1 is 1.08 bits per heavy atom. The fourth-order valence-corrected chi connectivity index (χ4v) is 2.80. The summed E-state index contributed by atoms with van der Waals surface area (Å²) >= 11 is 0. The lowest BCUT2D eigenvalue weighted by Crippen LogP contribution is -2.36. The van der Waals surface area contributed by atoms with Gasteiger partial charge in [-0.05, 0) is 35.9 Å². The van der Waals surface area contributed by atoms with Crippen molar-refractivity contribution in [2.75, 3.05) is 43.6 Å². The van der Waals surface area contributed by atoms with Crippen molar-refractivity contribution in [3.05, 3.63) is 65.7 Å². The predicted octanol–water partition coefficient (Wildman–Crippen LogP) is 3.46. The molecule has 1 fully saturated rings. The summed E-state index contributed by atoms with van der Waals surface area (Å²) in [5.74, 6) is -0.00259. The van der Waals surface area contributed by atoms with E-state index in [1.807, 2.05) is 49.5 Å². The molecule has 0 atom stereocenters. The van der Waals surface area contributed by atoms with Crippen molar-refractivity contribution in [2.45, 2.75) is 0 Å². The first-order chi connectivity index (χ1) is 11.8. The molecular weight excluding hydrogens is 300 g/mol. The van der Waals surface area contributed by atoms with Crippen LogP contribution in [-0.4, -0.2) is 39.1 Å². The zero-order valence-electron chi connectivity index (χ0n) is 13.9. The molecule has 1 aliphatic rings. The van der Waals surface area contributed by atoms with E-state index in [1.54, 1.807) is 6.08 Å². The first-order valence-corrected chi connectivity index (χ1v) is 8.20. The number of nitrogens with one attached hydrogen (secondary N) is 1. The molecule has 0 amide bonds. The average molecular weight is 322 g/mol. The molecular formula is C20H22N2O2. The first kappa shape index (κ1) is 16.3. The largest absolute Gasteiger partial charge is 0.388 e. The topological polar surface area (TPSA) is 41.6 Å². The van der Waals surface area contributed by atoms with Gasteiger partial charge in [-0.3, -0.25) is 4.79 Å². The van der Waals surface area contributed by atoms with Gasteiger partial charge in [-0.1, -0.05) is 30.3 Å². The number of allylic oxidation sites excluding steroid dienone is 1. The molecule has 3 rings (SSSR count). The lowest BCUT2D eigenvalue weighted by atomic mass is 10.1. The molecule has 1 heterocycles. The highest BCUT2D eigenvalue weighted by Gasteiger charge is 2.10. The third-order valence-corrected chi connectivity index (χ3v) is 4.16. The van der Waals surface area contributed by atoms with Crippen LogP contribution in [0.4, 0.5) is 11.4 Å². The lowest BCUT2D eigenvalue weighted by Gasteiger charge is -2.28. The Balaban J connectivity index is 1.69. The number of ketones is 1. The van der Waals surface area contributed by atoms with Crippen LogP contribution in [0.5, 0.6) is 0 Å². The molecule has 0 aliphatic carbocycles. The van der Waals surface area contributed by atoms with Crippen molar-refractivity contribution in [1.29, 1.82) is 0 Å². The quantitative estimate of drug-likeness (QED) is 0.676. The van der Waals surface area contributed by atoms with Gasteiger partial charge in [0.25, 0.3) is 0 Å². The molecule has 4 nitrogen and oxygen atoms in total. The molecule has 1 aliphatic heterocycles. The third kappa shape index (κ3) is 3.84. The Bertz CT molecular complexity index is 717. The number of benzene rings is 2. The van der Waals surface area contributed by atoms with E-state index in [0.717, 1.165) is 37.6 Å². The molecule has 2 aromatic rings. The van der Waals surface area contributed by atoms with Crippen LogP contribution in [0.3, 0.4) is 0 Å². The Hall–Kier alpha value is -2.59. The van der Waals surface area contributed by atoms with Crippen LogP contribution in [0.25, 0.3) is 6.08 Å². The Morgan fingerprint density at radius 3 is 2.50 bits per heavy atom. The van der Waals surface area contributed by atoms with E-state index in [9.17, 15) is 4.79 Å². The second kappa shape index (κ2) is 7.79. The number of para-hydroxylation sites is 1. The summed E-state index contributed by atoms with van der Waals surface area (Å²) in [4.78, 5) is 14.7. The molecule has 4 heteroatoms. The fourth-order valence-electron chi connectivity index (χ4n) is 2.80. The molecule has 2 aromatic carbocycles. The number of rotatable bonds is 5. The van der Waals surface area contributed by atoms with Crippen LogP contribution in [0.15, 0.2) is 54.6 Å². The maximum atomic E-state index is 12.4. The molecule has 124 valence electrons.